The summed E-state index contributed by atoms with van der Waals surface area (Å²) < 4.78 is 0. The second-order valence-corrected chi connectivity index (χ2v) is 17.0. The average Bonchev–Trinajstić information content (AvgIpc) is 3.20. The van der Waals surface area contributed by atoms with E-state index in [2.05, 4.69) is 31.9 Å². The van der Waals surface area contributed by atoms with E-state index in [0.717, 1.165) is 6.42 Å². The largest absolute Gasteiger partial charge is 0.481 e. The maximum atomic E-state index is 12.3. The fraction of sp³-hybridized carbons (Fsp3) is 0.833. The standard InChI is InChI=1S/C42H86N14O8/c43-15-1-8-29(44)22-36(57)51-16-2-9-30(45)23-37(58)52-17-3-10-31(46)24-38(59)53-18-4-11-32(47)25-39(60)54-19-5-12-33(48)26-40(61)55-20-6-13-34(49)27-41(62)56-21-7-14-35(50)28-42(63)64/h29-35H,1-28,43-50H2,(H,51,57)(H,52,58)(H,53,59)(H,54,60)(H,55,61)(H,56,62)(H,63,64)/t29-,30-,31-,32-,33-,34-,35-/m0/s1. The molecule has 23 N–H and O–H groups in total. The minimum atomic E-state index is -0.950. The monoisotopic (exact) mass is 915 g/mol. The second-order valence-electron chi connectivity index (χ2n) is 17.0. The molecule has 6 amide bonds. The smallest absolute Gasteiger partial charge is 0.304 e. The Morgan fingerprint density at radius 2 is 0.484 bits per heavy atom. The highest BCUT2D eigenvalue weighted by molar-refractivity contribution is 5.78. The summed E-state index contributed by atoms with van der Waals surface area (Å²) in [6.45, 7) is 3.04. The number of nitrogens with two attached hydrogens (primary N) is 8. The Hall–Kier alpha value is -4.03. The molecule has 0 radical (unpaired) electrons. The number of carboxylic acid groups (broad SMARTS) is 1. The first kappa shape index (κ1) is 60.0. The number of carbonyl (C=O) groups excluding carboxylic acids is 6. The third kappa shape index (κ3) is 38.4. The lowest BCUT2D eigenvalue weighted by molar-refractivity contribution is -0.137. The van der Waals surface area contributed by atoms with Gasteiger partial charge in [-0.1, -0.05) is 0 Å². The minimum absolute atomic E-state index is 0.106. The number of aliphatic carboxylic acids is 1. The van der Waals surface area contributed by atoms with Gasteiger partial charge in [-0.15, -0.1) is 0 Å². The van der Waals surface area contributed by atoms with Crippen LogP contribution in [-0.4, -0.2) is 135 Å². The predicted molar refractivity (Wildman–Crippen MR) is 248 cm³/mol. The van der Waals surface area contributed by atoms with Crippen LogP contribution in [0.5, 0.6) is 0 Å². The van der Waals surface area contributed by atoms with Gasteiger partial charge in [0.1, 0.15) is 0 Å². The van der Waals surface area contributed by atoms with Gasteiger partial charge < -0.3 is 82.9 Å². The van der Waals surface area contributed by atoms with Crippen molar-refractivity contribution >= 4 is 41.4 Å². The number of hydrogen-bond acceptors (Lipinski definition) is 15. The van der Waals surface area contributed by atoms with Crippen molar-refractivity contribution in [1.82, 2.24) is 31.9 Å². The van der Waals surface area contributed by atoms with Crippen LogP contribution in [0.2, 0.25) is 0 Å². The van der Waals surface area contributed by atoms with Crippen molar-refractivity contribution in [3.63, 3.8) is 0 Å². The lowest BCUT2D eigenvalue weighted by Gasteiger charge is -2.15. The van der Waals surface area contributed by atoms with Crippen molar-refractivity contribution in [2.45, 2.75) is 177 Å². The molecule has 0 saturated carbocycles. The zero-order valence-electron chi connectivity index (χ0n) is 38.3. The molecule has 0 aliphatic carbocycles. The van der Waals surface area contributed by atoms with Crippen LogP contribution in [0.3, 0.4) is 0 Å². The minimum Gasteiger partial charge on any atom is -0.481 e. The van der Waals surface area contributed by atoms with Crippen molar-refractivity contribution in [3.05, 3.63) is 0 Å². The number of carbonyl (C=O) groups is 7. The molecule has 22 nitrogen and oxygen atoms in total. The SMILES string of the molecule is NCCC[C@H](N)CC(=O)NCCC[C@H](N)CC(=O)NCCC[C@H](N)CC(=O)NCCC[C@H](N)CC(=O)NCCC[C@H](N)CC(=O)NCCC[C@H](N)CC(=O)NCCC[C@H](N)CC(=O)O. The van der Waals surface area contributed by atoms with Gasteiger partial charge in [-0.25, -0.2) is 0 Å². The highest BCUT2D eigenvalue weighted by atomic mass is 16.4. The zero-order valence-corrected chi connectivity index (χ0v) is 38.3. The van der Waals surface area contributed by atoms with Crippen LogP contribution in [0.1, 0.15) is 135 Å². The molecule has 0 aliphatic rings. The first-order valence-electron chi connectivity index (χ1n) is 23.2. The Kier molecular flexibility index (Phi) is 35.8. The van der Waals surface area contributed by atoms with Gasteiger partial charge in [-0.3, -0.25) is 33.6 Å². The van der Waals surface area contributed by atoms with Gasteiger partial charge >= 0.3 is 5.97 Å². The van der Waals surface area contributed by atoms with E-state index in [1.165, 1.54) is 0 Å². The summed E-state index contributed by atoms with van der Waals surface area (Å²) in [5, 5.41) is 25.6. The average molecular weight is 915 g/mol. The molecule has 64 heavy (non-hydrogen) atoms. The van der Waals surface area contributed by atoms with E-state index >= 15 is 0 Å². The molecule has 0 aliphatic heterocycles. The van der Waals surface area contributed by atoms with Crippen LogP contribution < -0.4 is 77.8 Å². The Balaban J connectivity index is 3.88. The summed E-state index contributed by atoms with van der Waals surface area (Å²) in [5.41, 5.74) is 47.6. The number of hydrogen-bond donors (Lipinski definition) is 15. The summed E-state index contributed by atoms with van der Waals surface area (Å²) in [5.74, 6) is -1.96. The molecule has 0 aromatic rings. The molecule has 0 aromatic heterocycles. The lowest BCUT2D eigenvalue weighted by Crippen LogP contribution is -2.36. The highest BCUT2D eigenvalue weighted by Gasteiger charge is 2.16. The van der Waals surface area contributed by atoms with Gasteiger partial charge in [0.05, 0.1) is 6.42 Å². The molecule has 0 aromatic carbocycles. The Bertz CT molecular complexity index is 1330. The van der Waals surface area contributed by atoms with Crippen molar-refractivity contribution in [1.29, 1.82) is 0 Å². The molecule has 0 rings (SSSR count). The Morgan fingerprint density at radius 1 is 0.312 bits per heavy atom. The van der Waals surface area contributed by atoms with Gasteiger partial charge in [-0.05, 0) is 96.4 Å². The van der Waals surface area contributed by atoms with Crippen LogP contribution >= 0.6 is 0 Å². The number of rotatable bonds is 41. The summed E-state index contributed by atoms with van der Waals surface area (Å²) in [4.78, 5) is 83.9. The summed E-state index contributed by atoms with van der Waals surface area (Å²) in [6, 6.07) is -2.44. The van der Waals surface area contributed by atoms with E-state index in [4.69, 9.17) is 51.0 Å². The first-order chi connectivity index (χ1) is 30.4. The van der Waals surface area contributed by atoms with Crippen molar-refractivity contribution in [2.75, 3.05) is 45.8 Å². The fourth-order valence-electron chi connectivity index (χ4n) is 6.73. The van der Waals surface area contributed by atoms with Crippen LogP contribution in [-0.2, 0) is 33.6 Å². The quantitative estimate of drug-likeness (QED) is 0.0276. The van der Waals surface area contributed by atoms with E-state index in [1.54, 1.807) is 0 Å². The van der Waals surface area contributed by atoms with E-state index in [9.17, 15) is 33.6 Å². The second kappa shape index (κ2) is 38.3. The molecule has 22 heteroatoms. The van der Waals surface area contributed by atoms with Gasteiger partial charge in [0.15, 0.2) is 0 Å². The zero-order chi connectivity index (χ0) is 48.1. The first-order valence-corrected chi connectivity index (χ1v) is 23.2. The summed E-state index contributed by atoms with van der Waals surface area (Å²) in [7, 11) is 0. The number of nitrogens with one attached hydrogen (secondary N) is 6. The summed E-state index contributed by atoms with van der Waals surface area (Å²) >= 11 is 0. The van der Waals surface area contributed by atoms with Gasteiger partial charge in [0.25, 0.3) is 0 Å². The topological polar surface area (TPSA) is 420 Å². The van der Waals surface area contributed by atoms with Crippen LogP contribution in [0, 0.1) is 0 Å². The van der Waals surface area contributed by atoms with Crippen LogP contribution in [0.15, 0.2) is 0 Å². The molecule has 0 spiro atoms. The molecule has 0 unspecified atom stereocenters. The lowest BCUT2D eigenvalue weighted by atomic mass is 10.1. The normalized spacial score (nSPS) is 14.5. The molecule has 7 atom stereocenters. The molecule has 0 heterocycles. The van der Waals surface area contributed by atoms with Crippen molar-refractivity contribution in [2.24, 2.45) is 45.9 Å². The highest BCUT2D eigenvalue weighted by Crippen LogP contribution is 2.05. The summed E-state index contributed by atoms with van der Waals surface area (Å²) in [6.07, 6.45) is 9.28. The molecule has 0 saturated heterocycles. The number of carboxylic acids is 1. The molecule has 0 fully saturated rings. The third-order valence-electron chi connectivity index (χ3n) is 10.3. The Morgan fingerprint density at radius 3 is 0.656 bits per heavy atom. The molecule has 372 valence electrons. The van der Waals surface area contributed by atoms with Crippen LogP contribution in [0.25, 0.3) is 0 Å². The fourth-order valence-corrected chi connectivity index (χ4v) is 6.73. The number of amides is 6. The van der Waals surface area contributed by atoms with Gasteiger partial charge in [-0.2, -0.15) is 0 Å². The van der Waals surface area contributed by atoms with E-state index in [-0.39, 0.29) is 117 Å². The molecular weight excluding hydrogens is 829 g/mol. The maximum absolute atomic E-state index is 12.3. The predicted octanol–water partition coefficient (Wildman–Crippen LogP) is -2.79. The van der Waals surface area contributed by atoms with E-state index in [1.807, 2.05) is 0 Å². The maximum Gasteiger partial charge on any atom is 0.304 e. The van der Waals surface area contributed by atoms with E-state index in [0.29, 0.717) is 129 Å². The third-order valence-corrected chi connectivity index (χ3v) is 10.3. The van der Waals surface area contributed by atoms with Crippen LogP contribution in [0.4, 0.5) is 0 Å². The Labute approximate surface area is 380 Å². The van der Waals surface area contributed by atoms with Gasteiger partial charge in [0, 0.05) is 120 Å². The van der Waals surface area contributed by atoms with Gasteiger partial charge in [0.2, 0.25) is 35.4 Å². The van der Waals surface area contributed by atoms with Crippen molar-refractivity contribution < 1.29 is 38.7 Å². The van der Waals surface area contributed by atoms with Crippen molar-refractivity contribution in [3.8, 4) is 0 Å². The molecular formula is C42H86N14O8. The van der Waals surface area contributed by atoms with E-state index < -0.39 is 12.0 Å². The molecule has 0 bridgehead atoms.